The Morgan fingerprint density at radius 2 is 2.20 bits per heavy atom. The molecule has 5 heteroatoms. The van der Waals surface area contributed by atoms with Crippen LogP contribution >= 0.6 is 0 Å². The van der Waals surface area contributed by atoms with E-state index in [0.717, 1.165) is 29.0 Å². The van der Waals surface area contributed by atoms with Crippen molar-refractivity contribution < 1.29 is 4.42 Å². The molecule has 0 spiro atoms. The summed E-state index contributed by atoms with van der Waals surface area (Å²) in [7, 11) is 0. The van der Waals surface area contributed by atoms with Gasteiger partial charge in [-0.25, -0.2) is 4.98 Å². The highest BCUT2D eigenvalue weighted by Crippen LogP contribution is 2.22. The molecule has 0 aliphatic rings. The third kappa shape index (κ3) is 2.27. The van der Waals surface area contributed by atoms with Gasteiger partial charge < -0.3 is 9.73 Å². The standard InChI is InChI=1S/C15H18N4O/c1-10(2)19-8-12(11(3)18-19)7-16-13-5-4-6-14-15(13)17-9-20-14/h4-6,8-10,16H,7H2,1-3H3. The molecule has 3 rings (SSSR count). The van der Waals surface area contributed by atoms with Gasteiger partial charge in [-0.1, -0.05) is 6.07 Å². The predicted molar refractivity (Wildman–Crippen MR) is 78.7 cm³/mol. The first-order valence-electron chi connectivity index (χ1n) is 6.76. The number of rotatable bonds is 4. The maximum Gasteiger partial charge on any atom is 0.182 e. The fourth-order valence-electron chi connectivity index (χ4n) is 2.18. The summed E-state index contributed by atoms with van der Waals surface area (Å²) in [5, 5.41) is 7.92. The molecule has 2 heterocycles. The number of para-hydroxylation sites is 1. The Bertz CT molecular complexity index is 726. The normalized spacial score (nSPS) is 11.4. The van der Waals surface area contributed by atoms with Gasteiger partial charge in [-0.2, -0.15) is 5.10 Å². The number of oxazole rings is 1. The van der Waals surface area contributed by atoms with Crippen LogP contribution in [-0.2, 0) is 6.54 Å². The van der Waals surface area contributed by atoms with Gasteiger partial charge in [-0.05, 0) is 32.9 Å². The minimum absolute atomic E-state index is 0.376. The lowest BCUT2D eigenvalue weighted by Gasteiger charge is -2.06. The second-order valence-corrected chi connectivity index (χ2v) is 5.17. The van der Waals surface area contributed by atoms with Gasteiger partial charge in [0.15, 0.2) is 12.0 Å². The molecule has 0 aliphatic heterocycles. The van der Waals surface area contributed by atoms with Crippen molar-refractivity contribution in [1.82, 2.24) is 14.8 Å². The number of aromatic nitrogens is 3. The van der Waals surface area contributed by atoms with Crippen molar-refractivity contribution in [2.45, 2.75) is 33.4 Å². The number of nitrogens with zero attached hydrogens (tertiary/aromatic N) is 3. The van der Waals surface area contributed by atoms with Gasteiger partial charge in [0.2, 0.25) is 0 Å². The summed E-state index contributed by atoms with van der Waals surface area (Å²) in [6, 6.07) is 6.25. The largest absolute Gasteiger partial charge is 0.443 e. The molecule has 20 heavy (non-hydrogen) atoms. The van der Waals surface area contributed by atoms with E-state index in [1.807, 2.05) is 29.8 Å². The maximum absolute atomic E-state index is 5.30. The average molecular weight is 270 g/mol. The highest BCUT2D eigenvalue weighted by molar-refractivity contribution is 5.86. The van der Waals surface area contributed by atoms with Crippen LogP contribution in [0.1, 0.15) is 31.1 Å². The van der Waals surface area contributed by atoms with Gasteiger partial charge in [0.25, 0.3) is 0 Å². The van der Waals surface area contributed by atoms with Crippen molar-refractivity contribution in [3.05, 3.63) is 42.0 Å². The Kier molecular flexibility index (Phi) is 3.18. The quantitative estimate of drug-likeness (QED) is 0.788. The van der Waals surface area contributed by atoms with Gasteiger partial charge in [0.1, 0.15) is 5.52 Å². The van der Waals surface area contributed by atoms with Crippen LogP contribution in [0.2, 0.25) is 0 Å². The molecule has 104 valence electrons. The molecule has 0 atom stereocenters. The van der Waals surface area contributed by atoms with E-state index in [-0.39, 0.29) is 0 Å². The molecular formula is C15H18N4O. The second kappa shape index (κ2) is 5.00. The lowest BCUT2D eigenvalue weighted by Crippen LogP contribution is -2.01. The lowest BCUT2D eigenvalue weighted by molar-refractivity contribution is 0.529. The topological polar surface area (TPSA) is 55.9 Å². The van der Waals surface area contributed by atoms with Crippen molar-refractivity contribution in [3.8, 4) is 0 Å². The first-order chi connectivity index (χ1) is 9.65. The number of aryl methyl sites for hydroxylation is 1. The molecular weight excluding hydrogens is 252 g/mol. The van der Waals surface area contributed by atoms with Crippen molar-refractivity contribution in [1.29, 1.82) is 0 Å². The third-order valence-electron chi connectivity index (χ3n) is 3.38. The molecule has 5 nitrogen and oxygen atoms in total. The predicted octanol–water partition coefficient (Wildman–Crippen LogP) is 3.53. The summed E-state index contributed by atoms with van der Waals surface area (Å²) in [6.45, 7) is 7.01. The van der Waals surface area contributed by atoms with Crippen molar-refractivity contribution >= 4 is 16.8 Å². The molecule has 0 amide bonds. The summed E-state index contributed by atoms with van der Waals surface area (Å²) in [5.41, 5.74) is 4.89. The van der Waals surface area contributed by atoms with Crippen LogP contribution in [-0.4, -0.2) is 14.8 Å². The molecule has 0 radical (unpaired) electrons. The van der Waals surface area contributed by atoms with Crippen LogP contribution in [0, 0.1) is 6.92 Å². The summed E-state index contributed by atoms with van der Waals surface area (Å²) in [4.78, 5) is 4.24. The molecule has 1 aromatic carbocycles. The number of hydrogen-bond acceptors (Lipinski definition) is 4. The Balaban J connectivity index is 1.81. The van der Waals surface area contributed by atoms with E-state index in [1.54, 1.807) is 0 Å². The maximum atomic E-state index is 5.30. The van der Waals surface area contributed by atoms with E-state index in [1.165, 1.54) is 12.0 Å². The second-order valence-electron chi connectivity index (χ2n) is 5.17. The van der Waals surface area contributed by atoms with Crippen molar-refractivity contribution in [2.24, 2.45) is 0 Å². The lowest BCUT2D eigenvalue weighted by atomic mass is 10.2. The number of anilines is 1. The smallest absolute Gasteiger partial charge is 0.182 e. The van der Waals surface area contributed by atoms with Gasteiger partial charge in [0.05, 0.1) is 11.4 Å². The highest BCUT2D eigenvalue weighted by atomic mass is 16.3. The monoisotopic (exact) mass is 270 g/mol. The Morgan fingerprint density at radius 1 is 1.35 bits per heavy atom. The zero-order chi connectivity index (χ0) is 14.1. The molecule has 1 N–H and O–H groups in total. The average Bonchev–Trinajstić information content (AvgIpc) is 3.03. The summed E-state index contributed by atoms with van der Waals surface area (Å²) < 4.78 is 7.29. The van der Waals surface area contributed by atoms with E-state index < -0.39 is 0 Å². The zero-order valence-corrected chi connectivity index (χ0v) is 11.9. The van der Waals surface area contributed by atoms with Crippen LogP contribution < -0.4 is 5.32 Å². The van der Waals surface area contributed by atoms with E-state index >= 15 is 0 Å². The van der Waals surface area contributed by atoms with Gasteiger partial charge in [-0.15, -0.1) is 0 Å². The number of hydrogen-bond donors (Lipinski definition) is 1. The Morgan fingerprint density at radius 3 is 2.95 bits per heavy atom. The SMILES string of the molecule is Cc1nn(C(C)C)cc1CNc1cccc2ocnc12. The fraction of sp³-hybridized carbons (Fsp3) is 0.333. The van der Waals surface area contributed by atoms with Crippen LogP contribution in [0.3, 0.4) is 0 Å². The number of benzene rings is 1. The fourth-order valence-corrected chi connectivity index (χ4v) is 2.18. The molecule has 0 fully saturated rings. The van der Waals surface area contributed by atoms with E-state index in [9.17, 15) is 0 Å². The Hall–Kier alpha value is -2.30. The van der Waals surface area contributed by atoms with E-state index in [4.69, 9.17) is 4.42 Å². The minimum Gasteiger partial charge on any atom is -0.443 e. The minimum atomic E-state index is 0.376. The van der Waals surface area contributed by atoms with Gasteiger partial charge in [0, 0.05) is 24.3 Å². The summed E-state index contributed by atoms with van der Waals surface area (Å²) in [5.74, 6) is 0. The van der Waals surface area contributed by atoms with Gasteiger partial charge >= 0.3 is 0 Å². The summed E-state index contributed by atoms with van der Waals surface area (Å²) in [6.07, 6.45) is 3.56. The molecule has 0 saturated carbocycles. The molecule has 0 aliphatic carbocycles. The van der Waals surface area contributed by atoms with Crippen LogP contribution in [0.25, 0.3) is 11.1 Å². The Labute approximate surface area is 117 Å². The first-order valence-corrected chi connectivity index (χ1v) is 6.76. The summed E-state index contributed by atoms with van der Waals surface area (Å²) >= 11 is 0. The molecule has 0 saturated heterocycles. The highest BCUT2D eigenvalue weighted by Gasteiger charge is 2.09. The molecule has 0 unspecified atom stereocenters. The van der Waals surface area contributed by atoms with E-state index in [0.29, 0.717) is 6.04 Å². The zero-order valence-electron chi connectivity index (χ0n) is 11.9. The molecule has 3 aromatic rings. The number of nitrogens with one attached hydrogen (secondary N) is 1. The first kappa shape index (κ1) is 12.7. The third-order valence-corrected chi connectivity index (χ3v) is 3.38. The molecule has 0 bridgehead atoms. The van der Waals surface area contributed by atoms with Crippen molar-refractivity contribution in [2.75, 3.05) is 5.32 Å². The van der Waals surface area contributed by atoms with Gasteiger partial charge in [-0.3, -0.25) is 4.68 Å². The van der Waals surface area contributed by atoms with Crippen molar-refractivity contribution in [3.63, 3.8) is 0 Å². The van der Waals surface area contributed by atoms with Crippen LogP contribution in [0.4, 0.5) is 5.69 Å². The van der Waals surface area contributed by atoms with Crippen LogP contribution in [0.5, 0.6) is 0 Å². The van der Waals surface area contributed by atoms with Crippen LogP contribution in [0.15, 0.2) is 35.2 Å². The molecule has 2 aromatic heterocycles. The van der Waals surface area contributed by atoms with E-state index in [2.05, 4.69) is 35.4 Å². The number of fused-ring (bicyclic) bond motifs is 1.